The van der Waals surface area contributed by atoms with E-state index >= 15 is 0 Å². The van der Waals surface area contributed by atoms with E-state index in [1.54, 1.807) is 0 Å². The van der Waals surface area contributed by atoms with Crippen LogP contribution in [0.5, 0.6) is 0 Å². The van der Waals surface area contributed by atoms with Crippen LogP contribution in [0.3, 0.4) is 0 Å². The van der Waals surface area contributed by atoms with E-state index in [2.05, 4.69) is 15.8 Å². The van der Waals surface area contributed by atoms with Gasteiger partial charge in [0.05, 0.1) is 31.0 Å². The van der Waals surface area contributed by atoms with E-state index in [0.717, 1.165) is 36.9 Å². The van der Waals surface area contributed by atoms with E-state index in [9.17, 15) is 9.59 Å². The van der Waals surface area contributed by atoms with Gasteiger partial charge < -0.3 is 24.6 Å². The minimum atomic E-state index is -0.272. The molecule has 0 saturated carbocycles. The second kappa shape index (κ2) is 6.18. The van der Waals surface area contributed by atoms with Gasteiger partial charge in [-0.2, -0.15) is 0 Å². The van der Waals surface area contributed by atoms with Gasteiger partial charge >= 0.3 is 0 Å². The van der Waals surface area contributed by atoms with Crippen molar-refractivity contribution in [1.82, 2.24) is 15.8 Å². The fourth-order valence-electron chi connectivity index (χ4n) is 3.81. The summed E-state index contributed by atoms with van der Waals surface area (Å²) in [6.45, 7) is 2.21. The number of fused-ring (bicyclic) bond motifs is 2. The third kappa shape index (κ3) is 2.69. The molecule has 4 atom stereocenters. The summed E-state index contributed by atoms with van der Waals surface area (Å²) in [6, 6.07) is -0.432. The second-order valence-corrected chi connectivity index (χ2v) is 6.63. The van der Waals surface area contributed by atoms with Crippen molar-refractivity contribution in [1.29, 1.82) is 0 Å². The third-order valence-electron chi connectivity index (χ3n) is 4.92. The molecule has 2 fully saturated rings. The normalized spacial score (nSPS) is 31.4. The number of rotatable bonds is 3. The van der Waals surface area contributed by atoms with Crippen molar-refractivity contribution in [2.45, 2.75) is 56.9 Å². The first-order valence-electron chi connectivity index (χ1n) is 8.42. The van der Waals surface area contributed by atoms with Gasteiger partial charge in [-0.05, 0) is 25.7 Å². The van der Waals surface area contributed by atoms with Gasteiger partial charge in [-0.25, -0.2) is 0 Å². The van der Waals surface area contributed by atoms with Gasteiger partial charge in [-0.3, -0.25) is 9.59 Å². The Morgan fingerprint density at radius 2 is 1.71 bits per heavy atom. The molecule has 2 saturated heterocycles. The summed E-state index contributed by atoms with van der Waals surface area (Å²) >= 11 is 0. The molecule has 1 aromatic rings. The molecule has 8 nitrogen and oxygen atoms in total. The number of carbonyl (C=O) groups excluding carboxylic acids is 2. The fraction of sp³-hybridized carbons (Fsp3) is 0.688. The van der Waals surface area contributed by atoms with Gasteiger partial charge in [0.1, 0.15) is 12.2 Å². The zero-order chi connectivity index (χ0) is 16.7. The van der Waals surface area contributed by atoms with E-state index in [0.29, 0.717) is 19.0 Å². The second-order valence-electron chi connectivity index (χ2n) is 6.63. The first-order chi connectivity index (χ1) is 11.6. The lowest BCUT2D eigenvalue weighted by molar-refractivity contribution is -0.120. The van der Waals surface area contributed by atoms with Crippen molar-refractivity contribution in [3.05, 3.63) is 17.0 Å². The molecule has 130 valence electrons. The Labute approximate surface area is 139 Å². The molecule has 0 radical (unpaired) electrons. The quantitative estimate of drug-likeness (QED) is 0.803. The van der Waals surface area contributed by atoms with Crippen molar-refractivity contribution in [2.75, 3.05) is 13.2 Å². The van der Waals surface area contributed by atoms with Crippen LogP contribution in [0.4, 0.5) is 0 Å². The van der Waals surface area contributed by atoms with Crippen LogP contribution >= 0.6 is 0 Å². The molecule has 0 unspecified atom stereocenters. The van der Waals surface area contributed by atoms with Crippen LogP contribution in [-0.4, -0.2) is 54.5 Å². The number of amides is 2. The fourth-order valence-corrected chi connectivity index (χ4v) is 3.81. The van der Waals surface area contributed by atoms with Gasteiger partial charge in [0, 0.05) is 12.5 Å². The Balaban J connectivity index is 1.42. The van der Waals surface area contributed by atoms with Crippen molar-refractivity contribution < 1.29 is 23.6 Å². The zero-order valence-corrected chi connectivity index (χ0v) is 13.5. The number of hydrogen-bond acceptors (Lipinski definition) is 6. The zero-order valence-electron chi connectivity index (χ0n) is 13.5. The number of aromatic nitrogens is 1. The summed E-state index contributed by atoms with van der Waals surface area (Å²) in [6.07, 6.45) is 3.33. The Kier molecular flexibility index (Phi) is 4.01. The van der Waals surface area contributed by atoms with Gasteiger partial charge in [0.2, 0.25) is 11.7 Å². The minimum Gasteiger partial charge on any atom is -0.371 e. The molecule has 0 spiro atoms. The first-order valence-corrected chi connectivity index (χ1v) is 8.42. The maximum atomic E-state index is 12.6. The lowest BCUT2D eigenvalue weighted by Gasteiger charge is -2.18. The van der Waals surface area contributed by atoms with Crippen LogP contribution in [0, 0.1) is 0 Å². The Morgan fingerprint density at radius 3 is 2.42 bits per heavy atom. The first kappa shape index (κ1) is 15.6. The molecular formula is C16H21N3O5. The van der Waals surface area contributed by atoms with E-state index in [-0.39, 0.29) is 36.1 Å². The lowest BCUT2D eigenvalue weighted by Crippen LogP contribution is -2.46. The van der Waals surface area contributed by atoms with Gasteiger partial charge in [-0.15, -0.1) is 0 Å². The predicted octanol–water partition coefficient (Wildman–Crippen LogP) is -0.0459. The maximum Gasteiger partial charge on any atom is 0.290 e. The predicted molar refractivity (Wildman–Crippen MR) is 81.5 cm³/mol. The lowest BCUT2D eigenvalue weighted by atomic mass is 9.96. The van der Waals surface area contributed by atoms with Crippen LogP contribution in [-0.2, 0) is 27.1 Å². The van der Waals surface area contributed by atoms with Crippen LogP contribution in [0.1, 0.15) is 41.6 Å². The Morgan fingerprint density at radius 1 is 1.04 bits per heavy atom. The van der Waals surface area contributed by atoms with Gasteiger partial charge in [0.25, 0.3) is 5.91 Å². The molecule has 4 rings (SSSR count). The third-order valence-corrected chi connectivity index (χ3v) is 4.92. The number of nitrogens with one attached hydrogen (secondary N) is 2. The van der Waals surface area contributed by atoms with Crippen LogP contribution in [0.2, 0.25) is 0 Å². The highest BCUT2D eigenvalue weighted by Crippen LogP contribution is 2.28. The standard InChI is InChI=1S/C16H21N3O5/c1-8(20)17-11-6-22-15-12(7-23-14(11)15)18-16(21)13-9-4-2-3-5-10(9)19-24-13/h11-12,14-15H,2-7H2,1H3,(H,17,20)(H,18,21)/t11-,12-,14+,15+/m0/s1. The Hall–Kier alpha value is -1.93. The molecule has 3 heterocycles. The van der Waals surface area contributed by atoms with Crippen molar-refractivity contribution >= 4 is 11.8 Å². The summed E-state index contributed by atoms with van der Waals surface area (Å²) in [5.74, 6) is -0.0790. The molecule has 2 N–H and O–H groups in total. The SMILES string of the molecule is CC(=O)N[C@H]1CO[C@H]2[C@@H]1OC[C@@H]2NC(=O)c1onc2c1CCCC2. The molecule has 3 aliphatic rings. The molecule has 0 bridgehead atoms. The molecule has 1 aromatic heterocycles. The topological polar surface area (TPSA) is 103 Å². The van der Waals surface area contributed by atoms with Crippen molar-refractivity contribution in [3.63, 3.8) is 0 Å². The molecule has 24 heavy (non-hydrogen) atoms. The number of ether oxygens (including phenoxy) is 2. The highest BCUT2D eigenvalue weighted by molar-refractivity contribution is 5.93. The van der Waals surface area contributed by atoms with Crippen molar-refractivity contribution in [3.8, 4) is 0 Å². The van der Waals surface area contributed by atoms with Crippen molar-refractivity contribution in [2.24, 2.45) is 0 Å². The van der Waals surface area contributed by atoms with E-state index in [1.807, 2.05) is 0 Å². The summed E-state index contributed by atoms with van der Waals surface area (Å²) in [4.78, 5) is 23.8. The summed E-state index contributed by atoms with van der Waals surface area (Å²) in [7, 11) is 0. The monoisotopic (exact) mass is 335 g/mol. The largest absolute Gasteiger partial charge is 0.371 e. The van der Waals surface area contributed by atoms with Crippen LogP contribution < -0.4 is 10.6 Å². The average molecular weight is 335 g/mol. The summed E-state index contributed by atoms with van der Waals surface area (Å²) < 4.78 is 16.7. The molecule has 8 heteroatoms. The van der Waals surface area contributed by atoms with E-state index < -0.39 is 0 Å². The minimum absolute atomic E-state index is 0.117. The van der Waals surface area contributed by atoms with Crippen LogP contribution in [0.25, 0.3) is 0 Å². The molecule has 0 aromatic carbocycles. The number of nitrogens with zero attached hydrogens (tertiary/aromatic N) is 1. The van der Waals surface area contributed by atoms with E-state index in [1.165, 1.54) is 6.92 Å². The number of aryl methyl sites for hydroxylation is 1. The molecule has 2 aliphatic heterocycles. The van der Waals surface area contributed by atoms with Gasteiger partial charge in [0.15, 0.2) is 0 Å². The molecule has 2 amide bonds. The van der Waals surface area contributed by atoms with Gasteiger partial charge in [-0.1, -0.05) is 5.16 Å². The smallest absolute Gasteiger partial charge is 0.290 e. The highest BCUT2D eigenvalue weighted by atomic mass is 16.6. The summed E-state index contributed by atoms with van der Waals surface area (Å²) in [5, 5.41) is 9.78. The number of carbonyl (C=O) groups is 2. The number of hydrogen-bond donors (Lipinski definition) is 2. The maximum absolute atomic E-state index is 12.6. The van der Waals surface area contributed by atoms with Crippen LogP contribution in [0.15, 0.2) is 4.52 Å². The summed E-state index contributed by atoms with van der Waals surface area (Å²) in [5.41, 5.74) is 1.83. The molecule has 1 aliphatic carbocycles. The molecular weight excluding hydrogens is 314 g/mol. The highest BCUT2D eigenvalue weighted by Gasteiger charge is 2.48. The van der Waals surface area contributed by atoms with E-state index in [4.69, 9.17) is 14.0 Å². The average Bonchev–Trinajstić information content (AvgIpc) is 3.24. The Bertz CT molecular complexity index is 658.